The van der Waals surface area contributed by atoms with Gasteiger partial charge in [-0.15, -0.1) is 0 Å². The molecule has 0 amide bonds. The molecule has 0 aromatic rings. The summed E-state index contributed by atoms with van der Waals surface area (Å²) in [5.41, 5.74) is 0.112. The lowest BCUT2D eigenvalue weighted by molar-refractivity contribution is 0.184. The van der Waals surface area contributed by atoms with E-state index in [1.54, 1.807) is 12.1 Å². The number of rotatable bonds is 1. The molecule has 0 saturated carbocycles. The zero-order chi connectivity index (χ0) is 8.27. The fraction of sp³-hybridized carbons (Fsp3) is 0.375. The van der Waals surface area contributed by atoms with Crippen LogP contribution in [0, 0.1) is 11.3 Å². The van der Waals surface area contributed by atoms with Crippen molar-refractivity contribution < 1.29 is 8.78 Å². The first-order chi connectivity index (χ1) is 5.25. The number of halogens is 2. The first-order valence-electron chi connectivity index (χ1n) is 3.33. The maximum atomic E-state index is 12.1. The Kier molecular flexibility index (Phi) is 2.37. The molecule has 0 N–H and O–H groups in total. The molecule has 1 aliphatic rings. The highest BCUT2D eigenvalue weighted by atomic mass is 19.3. The average molecular weight is 155 g/mol. The van der Waals surface area contributed by atoms with E-state index >= 15 is 0 Å². The maximum Gasteiger partial charge on any atom is 0.261 e. The summed E-state index contributed by atoms with van der Waals surface area (Å²) in [6, 6.07) is 1.75. The molecule has 0 saturated heterocycles. The van der Waals surface area contributed by atoms with Crippen LogP contribution >= 0.6 is 0 Å². The number of hydrogen-bond acceptors (Lipinski definition) is 1. The van der Waals surface area contributed by atoms with Crippen molar-refractivity contribution in [2.24, 2.45) is 0 Å². The van der Waals surface area contributed by atoms with Gasteiger partial charge >= 0.3 is 0 Å². The van der Waals surface area contributed by atoms with Crippen molar-refractivity contribution in [2.45, 2.75) is 19.3 Å². The van der Waals surface area contributed by atoms with Crippen molar-refractivity contribution in [2.75, 3.05) is 0 Å². The Bertz CT molecular complexity index is 245. The minimum Gasteiger partial charge on any atom is -0.205 e. The third kappa shape index (κ3) is 1.64. The van der Waals surface area contributed by atoms with Crippen LogP contribution in [0.1, 0.15) is 12.8 Å². The van der Waals surface area contributed by atoms with Crippen molar-refractivity contribution in [3.63, 3.8) is 0 Å². The third-order valence-corrected chi connectivity index (χ3v) is 1.59. The molecule has 0 spiro atoms. The van der Waals surface area contributed by atoms with Crippen LogP contribution in [-0.4, -0.2) is 6.43 Å². The molecule has 1 rings (SSSR count). The number of alkyl halides is 2. The summed E-state index contributed by atoms with van der Waals surface area (Å²) in [6.45, 7) is 0. The van der Waals surface area contributed by atoms with Gasteiger partial charge in [-0.2, -0.15) is 5.26 Å². The molecular formula is C8H7F2N. The fourth-order valence-electron chi connectivity index (χ4n) is 1.02. The maximum absolute atomic E-state index is 12.1. The SMILES string of the molecule is N#CC1=C(C(F)F)CCC=C1. The summed E-state index contributed by atoms with van der Waals surface area (Å²) >= 11 is 0. The van der Waals surface area contributed by atoms with Crippen LogP contribution in [0.2, 0.25) is 0 Å². The van der Waals surface area contributed by atoms with Crippen LogP contribution in [0.15, 0.2) is 23.3 Å². The predicted octanol–water partition coefficient (Wildman–Crippen LogP) is 2.42. The Morgan fingerprint density at radius 3 is 2.73 bits per heavy atom. The molecular weight excluding hydrogens is 148 g/mol. The van der Waals surface area contributed by atoms with Crippen LogP contribution in [0.5, 0.6) is 0 Å². The molecule has 0 aliphatic heterocycles. The molecule has 1 nitrogen and oxygen atoms in total. The summed E-state index contributed by atoms with van der Waals surface area (Å²) in [4.78, 5) is 0. The van der Waals surface area contributed by atoms with E-state index in [4.69, 9.17) is 5.26 Å². The average Bonchev–Trinajstić information content (AvgIpc) is 2.04. The van der Waals surface area contributed by atoms with E-state index in [-0.39, 0.29) is 11.1 Å². The molecule has 0 fully saturated rings. The highest BCUT2D eigenvalue weighted by Gasteiger charge is 2.16. The van der Waals surface area contributed by atoms with E-state index in [1.807, 2.05) is 0 Å². The minimum atomic E-state index is -2.48. The van der Waals surface area contributed by atoms with Gasteiger partial charge in [0.2, 0.25) is 0 Å². The van der Waals surface area contributed by atoms with Gasteiger partial charge in [-0.05, 0) is 18.9 Å². The first-order valence-corrected chi connectivity index (χ1v) is 3.33. The van der Waals surface area contributed by atoms with E-state index in [0.29, 0.717) is 12.8 Å². The van der Waals surface area contributed by atoms with Gasteiger partial charge in [0.25, 0.3) is 6.43 Å². The molecule has 1 aliphatic carbocycles. The lowest BCUT2D eigenvalue weighted by Gasteiger charge is -2.09. The Morgan fingerprint density at radius 2 is 2.27 bits per heavy atom. The predicted molar refractivity (Wildman–Crippen MR) is 37.0 cm³/mol. The zero-order valence-corrected chi connectivity index (χ0v) is 5.85. The second kappa shape index (κ2) is 3.29. The van der Waals surface area contributed by atoms with Crippen LogP contribution in [0.4, 0.5) is 8.78 Å². The Balaban J connectivity index is 2.94. The van der Waals surface area contributed by atoms with Crippen molar-refractivity contribution in [3.05, 3.63) is 23.3 Å². The molecule has 0 aromatic carbocycles. The van der Waals surface area contributed by atoms with Gasteiger partial charge in [-0.25, -0.2) is 8.78 Å². The second-order valence-corrected chi connectivity index (χ2v) is 2.29. The minimum absolute atomic E-state index is 0.0185. The molecule has 3 heteroatoms. The second-order valence-electron chi connectivity index (χ2n) is 2.29. The quantitative estimate of drug-likeness (QED) is 0.570. The lowest BCUT2D eigenvalue weighted by atomic mass is 9.99. The Labute approximate surface area is 63.6 Å². The molecule has 0 aromatic heterocycles. The van der Waals surface area contributed by atoms with Gasteiger partial charge in [0.05, 0.1) is 11.6 Å². The topological polar surface area (TPSA) is 23.8 Å². The summed E-state index contributed by atoms with van der Waals surface area (Å²) < 4.78 is 24.2. The molecule has 0 unspecified atom stereocenters. The van der Waals surface area contributed by atoms with Gasteiger partial charge in [-0.3, -0.25) is 0 Å². The Hall–Kier alpha value is -1.17. The standard InChI is InChI=1S/C8H7F2N/c9-8(10)7-4-2-1-3-6(7)5-11/h1,3,8H,2,4H2. The van der Waals surface area contributed by atoms with Crippen LogP contribution < -0.4 is 0 Å². The van der Waals surface area contributed by atoms with E-state index < -0.39 is 6.43 Å². The molecule has 58 valence electrons. The Morgan fingerprint density at radius 1 is 1.55 bits per heavy atom. The lowest BCUT2D eigenvalue weighted by Crippen LogP contribution is -2.02. The van der Waals surface area contributed by atoms with E-state index in [1.165, 1.54) is 6.08 Å². The van der Waals surface area contributed by atoms with Gasteiger partial charge in [-0.1, -0.05) is 6.08 Å². The highest BCUT2D eigenvalue weighted by molar-refractivity contribution is 5.41. The smallest absolute Gasteiger partial charge is 0.205 e. The largest absolute Gasteiger partial charge is 0.261 e. The monoisotopic (exact) mass is 155 g/mol. The van der Waals surface area contributed by atoms with Gasteiger partial charge in [0.15, 0.2) is 0 Å². The van der Waals surface area contributed by atoms with Gasteiger partial charge in [0.1, 0.15) is 0 Å². The van der Waals surface area contributed by atoms with Crippen molar-refractivity contribution in [1.29, 1.82) is 5.26 Å². The number of nitrogens with zero attached hydrogens (tertiary/aromatic N) is 1. The fourth-order valence-corrected chi connectivity index (χ4v) is 1.02. The van der Waals surface area contributed by atoms with E-state index in [9.17, 15) is 8.78 Å². The van der Waals surface area contributed by atoms with Crippen molar-refractivity contribution in [1.82, 2.24) is 0 Å². The summed E-state index contributed by atoms with van der Waals surface area (Å²) in [6.07, 6.45) is 1.66. The van der Waals surface area contributed by atoms with Gasteiger partial charge in [0, 0.05) is 5.57 Å². The molecule has 0 atom stereocenters. The summed E-state index contributed by atoms with van der Waals surface area (Å²) in [5.74, 6) is 0. The van der Waals surface area contributed by atoms with Crippen molar-refractivity contribution >= 4 is 0 Å². The molecule has 0 radical (unpaired) electrons. The number of allylic oxidation sites excluding steroid dienone is 4. The van der Waals surface area contributed by atoms with Crippen LogP contribution in [0.3, 0.4) is 0 Å². The highest BCUT2D eigenvalue weighted by Crippen LogP contribution is 2.23. The normalized spacial score (nSPS) is 17.3. The van der Waals surface area contributed by atoms with Gasteiger partial charge < -0.3 is 0 Å². The van der Waals surface area contributed by atoms with Crippen LogP contribution in [0.25, 0.3) is 0 Å². The van der Waals surface area contributed by atoms with Crippen LogP contribution in [-0.2, 0) is 0 Å². The van der Waals surface area contributed by atoms with E-state index in [2.05, 4.69) is 0 Å². The zero-order valence-electron chi connectivity index (χ0n) is 5.85. The molecule has 0 heterocycles. The molecule has 11 heavy (non-hydrogen) atoms. The number of hydrogen-bond donors (Lipinski definition) is 0. The van der Waals surface area contributed by atoms with Crippen molar-refractivity contribution in [3.8, 4) is 6.07 Å². The van der Waals surface area contributed by atoms with E-state index in [0.717, 1.165) is 0 Å². The first kappa shape index (κ1) is 7.93. The summed E-state index contributed by atoms with van der Waals surface area (Å²) in [5, 5.41) is 8.42. The number of nitriles is 1. The summed E-state index contributed by atoms with van der Waals surface area (Å²) in [7, 11) is 0. The third-order valence-electron chi connectivity index (χ3n) is 1.59. The molecule has 0 bridgehead atoms.